The predicted octanol–water partition coefficient (Wildman–Crippen LogP) is 0.0139. The van der Waals surface area contributed by atoms with E-state index in [0.717, 1.165) is 6.26 Å². The van der Waals surface area contributed by atoms with Crippen molar-refractivity contribution in [3.63, 3.8) is 0 Å². The van der Waals surface area contributed by atoms with Crippen LogP contribution >= 0.6 is 0 Å². The molecule has 0 amide bonds. The lowest BCUT2D eigenvalue weighted by Crippen LogP contribution is -2.38. The maximum atomic E-state index is 11.4. The van der Waals surface area contributed by atoms with Crippen LogP contribution in [0.25, 0.3) is 0 Å². The van der Waals surface area contributed by atoms with E-state index in [4.69, 9.17) is 10.5 Å². The van der Waals surface area contributed by atoms with E-state index in [1.807, 2.05) is 0 Å². The van der Waals surface area contributed by atoms with Gasteiger partial charge in [-0.05, 0) is 24.6 Å². The van der Waals surface area contributed by atoms with Gasteiger partial charge in [0.1, 0.15) is 12.1 Å². The fraction of sp³-hybridized carbons (Fsp3) is 0.417. The van der Waals surface area contributed by atoms with Crippen molar-refractivity contribution in [1.82, 2.24) is 0 Å². The summed E-state index contributed by atoms with van der Waals surface area (Å²) in [6.45, 7) is 1.81. The quantitative estimate of drug-likeness (QED) is 0.739. The van der Waals surface area contributed by atoms with Crippen molar-refractivity contribution in [2.24, 2.45) is 5.73 Å². The highest BCUT2D eigenvalue weighted by Gasteiger charge is 2.25. The fourth-order valence-electron chi connectivity index (χ4n) is 1.49. The second-order valence-electron chi connectivity index (χ2n) is 4.06. The summed E-state index contributed by atoms with van der Waals surface area (Å²) >= 11 is 0. The first-order valence-corrected chi connectivity index (χ1v) is 7.56. The molecule has 1 aromatic rings. The summed E-state index contributed by atoms with van der Waals surface area (Å²) in [5, 5.41) is 9.90. The third-order valence-corrected chi connectivity index (χ3v) is 3.68. The van der Waals surface area contributed by atoms with Gasteiger partial charge in [-0.25, -0.2) is 8.42 Å². The van der Waals surface area contributed by atoms with Gasteiger partial charge in [-0.15, -0.1) is 0 Å². The van der Waals surface area contributed by atoms with Crippen molar-refractivity contribution in [2.45, 2.75) is 24.0 Å². The summed E-state index contributed by atoms with van der Waals surface area (Å²) in [6.07, 6.45) is -0.157. The van der Waals surface area contributed by atoms with Gasteiger partial charge in [-0.1, -0.05) is 12.1 Å². The van der Waals surface area contributed by atoms with Gasteiger partial charge in [-0.2, -0.15) is 0 Å². The summed E-state index contributed by atoms with van der Waals surface area (Å²) in [6, 6.07) is 4.33. The van der Waals surface area contributed by atoms with E-state index < -0.39 is 28.0 Å². The van der Waals surface area contributed by atoms with Crippen LogP contribution in [0.1, 0.15) is 18.6 Å². The molecule has 3 N–H and O–H groups in total. The topological polar surface area (TPSA) is 107 Å². The average molecular weight is 287 g/mol. The number of aliphatic hydroxyl groups excluding tert-OH is 1. The Bertz CT molecular complexity index is 538. The van der Waals surface area contributed by atoms with Crippen LogP contribution in [0.5, 0.6) is 0 Å². The first-order valence-electron chi connectivity index (χ1n) is 5.67. The second-order valence-corrected chi connectivity index (χ2v) is 6.08. The molecule has 0 aromatic heterocycles. The van der Waals surface area contributed by atoms with Crippen LogP contribution in [0.4, 0.5) is 0 Å². The molecule has 106 valence electrons. The number of ether oxygens (including phenoxy) is 1. The molecule has 6 nitrogen and oxygen atoms in total. The Kier molecular flexibility index (Phi) is 5.04. The monoisotopic (exact) mass is 287 g/mol. The number of carbonyl (C=O) groups excluding carboxylic acids is 1. The first kappa shape index (κ1) is 15.6. The molecule has 1 rings (SSSR count). The van der Waals surface area contributed by atoms with E-state index in [9.17, 15) is 18.3 Å². The van der Waals surface area contributed by atoms with Crippen molar-refractivity contribution in [3.05, 3.63) is 29.8 Å². The lowest BCUT2D eigenvalue weighted by molar-refractivity contribution is -0.147. The first-order chi connectivity index (χ1) is 8.77. The van der Waals surface area contributed by atoms with E-state index in [1.54, 1.807) is 6.92 Å². The minimum absolute atomic E-state index is 0.133. The third-order valence-electron chi connectivity index (χ3n) is 2.55. The molecule has 0 heterocycles. The molecule has 0 unspecified atom stereocenters. The Hall–Kier alpha value is -1.44. The summed E-state index contributed by atoms with van der Waals surface area (Å²) in [5.74, 6) is -0.706. The lowest BCUT2D eigenvalue weighted by atomic mass is 10.0. The zero-order valence-electron chi connectivity index (χ0n) is 10.7. The van der Waals surface area contributed by atoms with Gasteiger partial charge in [-0.3, -0.25) is 4.79 Å². The van der Waals surface area contributed by atoms with Crippen molar-refractivity contribution in [1.29, 1.82) is 0 Å². The summed E-state index contributed by atoms with van der Waals surface area (Å²) in [5.41, 5.74) is 5.91. The number of sulfone groups is 1. The summed E-state index contributed by atoms with van der Waals surface area (Å²) < 4.78 is 27.3. The Balaban J connectivity index is 2.89. The largest absolute Gasteiger partial charge is 0.465 e. The molecule has 0 bridgehead atoms. The molecule has 0 radical (unpaired) electrons. The molecule has 1 aromatic carbocycles. The number of carbonyl (C=O) groups is 1. The maximum Gasteiger partial charge on any atom is 0.325 e. The van der Waals surface area contributed by atoms with Gasteiger partial charge in [0, 0.05) is 6.26 Å². The van der Waals surface area contributed by atoms with E-state index >= 15 is 0 Å². The van der Waals surface area contributed by atoms with Crippen LogP contribution in [-0.4, -0.2) is 38.4 Å². The zero-order chi connectivity index (χ0) is 14.6. The molecule has 0 saturated heterocycles. The molecule has 0 fully saturated rings. The molecule has 0 aliphatic carbocycles. The number of benzene rings is 1. The van der Waals surface area contributed by atoms with E-state index in [-0.39, 0.29) is 11.5 Å². The van der Waals surface area contributed by atoms with Gasteiger partial charge >= 0.3 is 5.97 Å². The molecule has 0 spiro atoms. The van der Waals surface area contributed by atoms with Crippen LogP contribution < -0.4 is 5.73 Å². The number of aliphatic hydroxyl groups is 1. The number of nitrogens with two attached hydrogens (primary N) is 1. The number of esters is 1. The second kappa shape index (κ2) is 6.14. The van der Waals surface area contributed by atoms with Gasteiger partial charge in [0.05, 0.1) is 11.5 Å². The minimum atomic E-state index is -3.29. The van der Waals surface area contributed by atoms with Crippen LogP contribution in [0.2, 0.25) is 0 Å². The molecular weight excluding hydrogens is 270 g/mol. The van der Waals surface area contributed by atoms with Gasteiger partial charge < -0.3 is 15.6 Å². The van der Waals surface area contributed by atoms with Crippen molar-refractivity contribution in [3.8, 4) is 0 Å². The standard InChI is InChI=1S/C12H17NO5S/c1-3-18-12(15)10(13)11(14)8-4-6-9(7-5-8)19(2,16)17/h4-7,10-11,14H,3,13H2,1-2H3/t10-,11-/m0/s1. The zero-order valence-corrected chi connectivity index (χ0v) is 11.6. The Morgan fingerprint density at radius 2 is 1.89 bits per heavy atom. The third kappa shape index (κ3) is 4.02. The van der Waals surface area contributed by atoms with Crippen LogP contribution in [0, 0.1) is 0 Å². The van der Waals surface area contributed by atoms with Crippen molar-refractivity contribution >= 4 is 15.8 Å². The molecule has 0 aliphatic heterocycles. The number of rotatable bonds is 5. The highest BCUT2D eigenvalue weighted by atomic mass is 32.2. The highest BCUT2D eigenvalue weighted by molar-refractivity contribution is 7.90. The average Bonchev–Trinajstić information content (AvgIpc) is 2.36. The molecule has 0 aliphatic rings. The Morgan fingerprint density at radius 3 is 2.32 bits per heavy atom. The Labute approximate surface area is 112 Å². The van der Waals surface area contributed by atoms with E-state index in [2.05, 4.69) is 0 Å². The normalized spacial score (nSPS) is 14.7. The smallest absolute Gasteiger partial charge is 0.325 e. The maximum absolute atomic E-state index is 11.4. The SMILES string of the molecule is CCOC(=O)[C@@H](N)[C@@H](O)c1ccc(S(C)(=O)=O)cc1. The van der Waals surface area contributed by atoms with Gasteiger partial charge in [0.2, 0.25) is 0 Å². The van der Waals surface area contributed by atoms with Gasteiger partial charge in [0.15, 0.2) is 9.84 Å². The fourth-order valence-corrected chi connectivity index (χ4v) is 2.12. The van der Waals surface area contributed by atoms with Crippen LogP contribution in [-0.2, 0) is 19.4 Å². The van der Waals surface area contributed by atoms with E-state index in [0.29, 0.717) is 5.56 Å². The van der Waals surface area contributed by atoms with Crippen molar-refractivity contribution < 1.29 is 23.1 Å². The molecular formula is C12H17NO5S. The minimum Gasteiger partial charge on any atom is -0.465 e. The number of hydrogen-bond acceptors (Lipinski definition) is 6. The summed E-state index contributed by atoms with van der Waals surface area (Å²) in [7, 11) is -3.29. The Morgan fingerprint density at radius 1 is 1.37 bits per heavy atom. The van der Waals surface area contributed by atoms with Crippen LogP contribution in [0.15, 0.2) is 29.2 Å². The van der Waals surface area contributed by atoms with Crippen LogP contribution in [0.3, 0.4) is 0 Å². The van der Waals surface area contributed by atoms with Gasteiger partial charge in [0.25, 0.3) is 0 Å². The molecule has 2 atom stereocenters. The molecule has 0 saturated carbocycles. The summed E-state index contributed by atoms with van der Waals surface area (Å²) in [4.78, 5) is 11.5. The highest BCUT2D eigenvalue weighted by Crippen LogP contribution is 2.19. The van der Waals surface area contributed by atoms with E-state index in [1.165, 1.54) is 24.3 Å². The number of hydrogen-bond donors (Lipinski definition) is 2. The lowest BCUT2D eigenvalue weighted by Gasteiger charge is -2.17. The van der Waals surface area contributed by atoms with Crippen molar-refractivity contribution in [2.75, 3.05) is 12.9 Å². The molecule has 19 heavy (non-hydrogen) atoms. The molecule has 7 heteroatoms. The predicted molar refractivity (Wildman–Crippen MR) is 69.1 cm³/mol.